The summed E-state index contributed by atoms with van der Waals surface area (Å²) >= 11 is 0. The van der Waals surface area contributed by atoms with E-state index >= 15 is 0 Å². The molecule has 0 saturated carbocycles. The zero-order valence-corrected chi connectivity index (χ0v) is 23.1. The number of carbonyl (C=O) groups excluding carboxylic acids is 2. The quantitative estimate of drug-likeness (QED) is 0.454. The molecule has 2 heterocycles. The number of aliphatic hydroxyl groups is 1. The minimum absolute atomic E-state index is 0.127. The smallest absolute Gasteiger partial charge is 0.256 e. The SMILES string of the molecule is CCN1CCN(CC(O)[C@@H]2Cc3ccccc3CN2)C(=O)c2ccc(C(=O)N(C)CCc3ccc(F)cc3)cc21. The summed E-state index contributed by atoms with van der Waals surface area (Å²) < 4.78 is 13.2. The Kier molecular flexibility index (Phi) is 8.47. The fraction of sp³-hybridized carbons (Fsp3) is 0.375. The first-order valence-electron chi connectivity index (χ1n) is 14.0. The van der Waals surface area contributed by atoms with Crippen LogP contribution < -0.4 is 10.2 Å². The standard InChI is InChI=1S/C32H37FN4O3/c1-3-36-16-17-37(21-30(38)28-18-23-6-4-5-7-25(23)20-34-28)32(40)27-13-10-24(19-29(27)36)31(39)35(2)15-14-22-8-11-26(33)12-9-22/h4-13,19,28,30,34,38H,3,14-18,20-21H2,1-2H3/t28-,30?/m0/s1. The van der Waals surface area contributed by atoms with E-state index in [-0.39, 0.29) is 30.2 Å². The van der Waals surface area contributed by atoms with Gasteiger partial charge in [-0.15, -0.1) is 0 Å². The van der Waals surface area contributed by atoms with Crippen LogP contribution in [0.4, 0.5) is 10.1 Å². The topological polar surface area (TPSA) is 76.1 Å². The molecule has 0 fully saturated rings. The fourth-order valence-corrected chi connectivity index (χ4v) is 5.62. The first kappa shape index (κ1) is 27.8. The number of amides is 2. The molecule has 1 unspecified atom stereocenters. The molecule has 0 radical (unpaired) electrons. The van der Waals surface area contributed by atoms with Crippen LogP contribution in [0, 0.1) is 5.82 Å². The van der Waals surface area contributed by atoms with Crippen molar-refractivity contribution in [1.82, 2.24) is 15.1 Å². The minimum atomic E-state index is -0.704. The van der Waals surface area contributed by atoms with Crippen molar-refractivity contribution < 1.29 is 19.1 Å². The summed E-state index contributed by atoms with van der Waals surface area (Å²) in [6, 6.07) is 19.7. The molecule has 0 aliphatic carbocycles. The maximum absolute atomic E-state index is 13.7. The number of aliphatic hydroxyl groups excluding tert-OH is 1. The highest BCUT2D eigenvalue weighted by Gasteiger charge is 2.31. The van der Waals surface area contributed by atoms with E-state index < -0.39 is 6.10 Å². The van der Waals surface area contributed by atoms with Gasteiger partial charge in [0.05, 0.1) is 17.4 Å². The van der Waals surface area contributed by atoms with Gasteiger partial charge in [-0.25, -0.2) is 4.39 Å². The molecule has 3 aromatic carbocycles. The lowest BCUT2D eigenvalue weighted by atomic mass is 9.92. The van der Waals surface area contributed by atoms with E-state index in [9.17, 15) is 19.1 Å². The van der Waals surface area contributed by atoms with Crippen LogP contribution in [-0.2, 0) is 19.4 Å². The van der Waals surface area contributed by atoms with Crippen LogP contribution in [0.2, 0.25) is 0 Å². The van der Waals surface area contributed by atoms with Gasteiger partial charge in [0.15, 0.2) is 0 Å². The van der Waals surface area contributed by atoms with Crippen LogP contribution in [0.25, 0.3) is 0 Å². The summed E-state index contributed by atoms with van der Waals surface area (Å²) in [5.74, 6) is -0.545. The third-order valence-corrected chi connectivity index (χ3v) is 8.11. The lowest BCUT2D eigenvalue weighted by Crippen LogP contribution is -2.50. The van der Waals surface area contributed by atoms with Crippen molar-refractivity contribution >= 4 is 17.5 Å². The Morgan fingerprint density at radius 3 is 2.55 bits per heavy atom. The van der Waals surface area contributed by atoms with Crippen LogP contribution in [0.5, 0.6) is 0 Å². The molecule has 40 heavy (non-hydrogen) atoms. The number of rotatable bonds is 8. The van der Waals surface area contributed by atoms with Gasteiger partial charge in [0.25, 0.3) is 11.8 Å². The highest BCUT2D eigenvalue weighted by molar-refractivity contribution is 6.03. The summed E-state index contributed by atoms with van der Waals surface area (Å²) in [6.45, 7) is 5.25. The van der Waals surface area contributed by atoms with E-state index in [1.165, 1.54) is 23.3 Å². The van der Waals surface area contributed by atoms with Crippen molar-refractivity contribution in [2.75, 3.05) is 44.7 Å². The number of benzene rings is 3. The zero-order chi connectivity index (χ0) is 28.2. The van der Waals surface area contributed by atoms with Crippen LogP contribution in [0.1, 0.15) is 44.3 Å². The first-order chi connectivity index (χ1) is 19.3. The Hall–Kier alpha value is -3.75. The number of hydrogen-bond acceptors (Lipinski definition) is 5. The van der Waals surface area contributed by atoms with Gasteiger partial charge in [-0.05, 0) is 66.8 Å². The van der Waals surface area contributed by atoms with E-state index in [2.05, 4.69) is 22.3 Å². The van der Waals surface area contributed by atoms with Crippen LogP contribution in [0.3, 0.4) is 0 Å². The summed E-state index contributed by atoms with van der Waals surface area (Å²) in [6.07, 6.45) is 0.632. The Labute approximate surface area is 235 Å². The van der Waals surface area contributed by atoms with Gasteiger partial charge in [0.2, 0.25) is 0 Å². The van der Waals surface area contributed by atoms with Gasteiger partial charge < -0.3 is 25.1 Å². The number of hydrogen-bond donors (Lipinski definition) is 2. The molecule has 2 aliphatic heterocycles. The monoisotopic (exact) mass is 544 g/mol. The Morgan fingerprint density at radius 2 is 1.80 bits per heavy atom. The molecule has 210 valence electrons. The molecule has 7 nitrogen and oxygen atoms in total. The summed E-state index contributed by atoms with van der Waals surface area (Å²) in [5, 5.41) is 14.5. The van der Waals surface area contributed by atoms with Gasteiger partial charge >= 0.3 is 0 Å². The molecular weight excluding hydrogens is 507 g/mol. The van der Waals surface area contributed by atoms with Crippen molar-refractivity contribution in [1.29, 1.82) is 0 Å². The zero-order valence-electron chi connectivity index (χ0n) is 23.1. The van der Waals surface area contributed by atoms with Crippen molar-refractivity contribution in [3.8, 4) is 0 Å². The largest absolute Gasteiger partial charge is 0.390 e. The minimum Gasteiger partial charge on any atom is -0.390 e. The summed E-state index contributed by atoms with van der Waals surface area (Å²) in [7, 11) is 1.75. The third-order valence-electron chi connectivity index (χ3n) is 8.11. The van der Waals surface area contributed by atoms with Crippen LogP contribution >= 0.6 is 0 Å². The van der Waals surface area contributed by atoms with E-state index in [1.54, 1.807) is 41.1 Å². The Morgan fingerprint density at radius 1 is 1.07 bits per heavy atom. The number of nitrogens with one attached hydrogen (secondary N) is 1. The summed E-state index contributed by atoms with van der Waals surface area (Å²) in [5.41, 5.74) is 5.24. The lowest BCUT2D eigenvalue weighted by molar-refractivity contribution is 0.0540. The number of carbonyl (C=O) groups is 2. The number of anilines is 1. The maximum atomic E-state index is 13.7. The number of fused-ring (bicyclic) bond motifs is 2. The van der Waals surface area contributed by atoms with Crippen molar-refractivity contribution in [3.05, 3.63) is 100 Å². The van der Waals surface area contributed by atoms with Crippen LogP contribution in [-0.4, -0.2) is 78.6 Å². The molecule has 0 saturated heterocycles. The highest BCUT2D eigenvalue weighted by atomic mass is 19.1. The molecular formula is C32H37FN4O3. The van der Waals surface area contributed by atoms with Gasteiger partial charge in [0.1, 0.15) is 5.82 Å². The molecule has 5 rings (SSSR count). The molecule has 0 bridgehead atoms. The van der Waals surface area contributed by atoms with Gasteiger partial charge in [0, 0.05) is 57.9 Å². The predicted molar refractivity (Wildman–Crippen MR) is 154 cm³/mol. The van der Waals surface area contributed by atoms with E-state index in [4.69, 9.17) is 0 Å². The van der Waals surface area contributed by atoms with Crippen molar-refractivity contribution in [3.63, 3.8) is 0 Å². The average molecular weight is 545 g/mol. The van der Waals surface area contributed by atoms with E-state index in [0.29, 0.717) is 50.3 Å². The molecule has 2 N–H and O–H groups in total. The fourth-order valence-electron chi connectivity index (χ4n) is 5.62. The second-order valence-electron chi connectivity index (χ2n) is 10.7. The normalized spacial score (nSPS) is 17.6. The molecule has 2 amide bonds. The number of likely N-dealkylation sites (N-methyl/N-ethyl adjacent to an activating group) is 2. The van der Waals surface area contributed by atoms with E-state index in [1.807, 2.05) is 25.1 Å². The molecule has 0 spiro atoms. The molecule has 3 aromatic rings. The number of halogens is 1. The average Bonchev–Trinajstić information content (AvgIpc) is 3.11. The van der Waals surface area contributed by atoms with Gasteiger partial charge in [-0.2, -0.15) is 0 Å². The van der Waals surface area contributed by atoms with Gasteiger partial charge in [-0.1, -0.05) is 36.4 Å². The highest BCUT2D eigenvalue weighted by Crippen LogP contribution is 2.28. The maximum Gasteiger partial charge on any atom is 0.256 e. The predicted octanol–water partition coefficient (Wildman–Crippen LogP) is 3.50. The Bertz CT molecular complexity index is 1360. The third kappa shape index (κ3) is 6.03. The molecule has 2 aliphatic rings. The number of β-amino-alcohol motifs (C(OH)–C–C–N with tert-alkyl or cyclic N) is 1. The first-order valence-corrected chi connectivity index (χ1v) is 14.0. The van der Waals surface area contributed by atoms with Crippen LogP contribution in [0.15, 0.2) is 66.7 Å². The second-order valence-corrected chi connectivity index (χ2v) is 10.7. The van der Waals surface area contributed by atoms with E-state index in [0.717, 1.165) is 17.7 Å². The molecule has 2 atom stereocenters. The van der Waals surface area contributed by atoms with Crippen molar-refractivity contribution in [2.24, 2.45) is 0 Å². The Balaban J connectivity index is 1.27. The molecule has 8 heteroatoms. The second kappa shape index (κ2) is 12.2. The van der Waals surface area contributed by atoms with Crippen molar-refractivity contribution in [2.45, 2.75) is 38.5 Å². The van der Waals surface area contributed by atoms with Gasteiger partial charge in [-0.3, -0.25) is 9.59 Å². The summed E-state index contributed by atoms with van der Waals surface area (Å²) in [4.78, 5) is 32.4. The molecule has 0 aromatic heterocycles. The lowest BCUT2D eigenvalue weighted by Gasteiger charge is -2.33. The number of nitrogens with zero attached hydrogens (tertiary/aromatic N) is 3.